The van der Waals surface area contributed by atoms with E-state index < -0.39 is 17.9 Å². The zero-order valence-electron chi connectivity index (χ0n) is 7.86. The van der Waals surface area contributed by atoms with Crippen LogP contribution in [0, 0.1) is 3.57 Å². The lowest BCUT2D eigenvalue weighted by atomic mass is 10.1. The number of alkyl halides is 3. The van der Waals surface area contributed by atoms with Crippen LogP contribution in [-0.2, 0) is 0 Å². The molecule has 0 amide bonds. The molecule has 1 aromatic rings. The number of hydrogen-bond acceptors (Lipinski definition) is 2. The summed E-state index contributed by atoms with van der Waals surface area (Å²) in [5, 5.41) is -0.0325. The van der Waals surface area contributed by atoms with Gasteiger partial charge in [-0.2, -0.15) is 0 Å². The Kier molecular flexibility index (Phi) is 4.06. The van der Waals surface area contributed by atoms with E-state index in [9.17, 15) is 18.0 Å². The standard InChI is InChI=1S/C9H5ClF3IO2/c1-4(15)7-6(16-9(11,12)13)3-2-5(14)8(7)10/h2-3H,1H3. The molecule has 16 heavy (non-hydrogen) atoms. The SMILES string of the molecule is CC(=O)c1c(OC(F)(F)F)ccc(I)c1Cl. The van der Waals surface area contributed by atoms with Crippen LogP contribution in [0.2, 0.25) is 5.02 Å². The maximum Gasteiger partial charge on any atom is 0.573 e. The molecule has 1 rings (SSSR count). The van der Waals surface area contributed by atoms with Crippen molar-refractivity contribution in [1.29, 1.82) is 0 Å². The summed E-state index contributed by atoms with van der Waals surface area (Å²) in [4.78, 5) is 11.2. The van der Waals surface area contributed by atoms with Crippen LogP contribution in [0.15, 0.2) is 12.1 Å². The molecule has 1 aromatic carbocycles. The molecule has 0 bridgehead atoms. The first-order chi connectivity index (χ1) is 7.22. The minimum absolute atomic E-state index is 0.0325. The van der Waals surface area contributed by atoms with E-state index in [0.29, 0.717) is 3.57 Å². The van der Waals surface area contributed by atoms with Crippen LogP contribution < -0.4 is 4.74 Å². The first-order valence-corrected chi connectivity index (χ1v) is 5.42. The predicted molar refractivity (Wildman–Crippen MR) is 60.9 cm³/mol. The molecule has 0 spiro atoms. The number of benzene rings is 1. The van der Waals surface area contributed by atoms with Gasteiger partial charge in [0, 0.05) is 3.57 Å². The molecule has 0 fully saturated rings. The van der Waals surface area contributed by atoms with Gasteiger partial charge in [0.15, 0.2) is 5.78 Å². The fraction of sp³-hybridized carbons (Fsp3) is 0.222. The summed E-state index contributed by atoms with van der Waals surface area (Å²) >= 11 is 7.56. The Bertz CT molecular complexity index is 431. The maximum atomic E-state index is 12.0. The Hall–Kier alpha value is -0.500. The summed E-state index contributed by atoms with van der Waals surface area (Å²) in [5.74, 6) is -1.16. The van der Waals surface area contributed by atoms with Gasteiger partial charge in [0.05, 0.1) is 10.6 Å². The number of rotatable bonds is 2. The van der Waals surface area contributed by atoms with E-state index in [1.165, 1.54) is 6.07 Å². The third-order valence-electron chi connectivity index (χ3n) is 1.63. The molecule has 0 aliphatic carbocycles. The van der Waals surface area contributed by atoms with Crippen LogP contribution in [0.5, 0.6) is 5.75 Å². The monoisotopic (exact) mass is 364 g/mol. The number of ether oxygens (including phenoxy) is 1. The number of Topliss-reactive ketones (excluding diaryl/α,β-unsaturated/α-hetero) is 1. The topological polar surface area (TPSA) is 26.3 Å². The van der Waals surface area contributed by atoms with E-state index in [-0.39, 0.29) is 10.6 Å². The molecule has 0 aliphatic heterocycles. The van der Waals surface area contributed by atoms with Crippen molar-refractivity contribution in [1.82, 2.24) is 0 Å². The third-order valence-corrected chi connectivity index (χ3v) is 3.24. The van der Waals surface area contributed by atoms with Crippen molar-refractivity contribution in [3.05, 3.63) is 26.3 Å². The van der Waals surface area contributed by atoms with Gasteiger partial charge < -0.3 is 4.74 Å². The van der Waals surface area contributed by atoms with Gasteiger partial charge in [0.2, 0.25) is 0 Å². The molecule has 0 atom stereocenters. The largest absolute Gasteiger partial charge is 0.573 e. The van der Waals surface area contributed by atoms with E-state index in [4.69, 9.17) is 11.6 Å². The Morgan fingerprint density at radius 3 is 2.44 bits per heavy atom. The van der Waals surface area contributed by atoms with Gasteiger partial charge in [-0.1, -0.05) is 11.6 Å². The van der Waals surface area contributed by atoms with Crippen LogP contribution in [0.25, 0.3) is 0 Å². The molecule has 0 unspecified atom stereocenters. The molecule has 7 heteroatoms. The number of halogens is 5. The minimum atomic E-state index is -4.85. The van der Waals surface area contributed by atoms with Gasteiger partial charge in [-0.05, 0) is 41.6 Å². The zero-order chi connectivity index (χ0) is 12.5. The Morgan fingerprint density at radius 2 is 2.00 bits per heavy atom. The number of hydrogen-bond donors (Lipinski definition) is 0. The first-order valence-electron chi connectivity index (χ1n) is 3.97. The lowest BCUT2D eigenvalue weighted by molar-refractivity contribution is -0.274. The molecule has 0 aromatic heterocycles. The summed E-state index contributed by atoms with van der Waals surface area (Å²) in [5.41, 5.74) is -0.258. The lowest BCUT2D eigenvalue weighted by Gasteiger charge is -2.13. The Labute approximate surface area is 108 Å². The van der Waals surface area contributed by atoms with Crippen LogP contribution >= 0.6 is 34.2 Å². The number of carbonyl (C=O) groups excluding carboxylic acids is 1. The average molecular weight is 364 g/mol. The quantitative estimate of drug-likeness (QED) is 0.585. The molecule has 0 heterocycles. The molecule has 0 aliphatic rings. The average Bonchev–Trinajstić information content (AvgIpc) is 2.08. The van der Waals surface area contributed by atoms with Gasteiger partial charge in [0.25, 0.3) is 0 Å². The van der Waals surface area contributed by atoms with Gasteiger partial charge >= 0.3 is 6.36 Å². The van der Waals surface area contributed by atoms with Crippen molar-refractivity contribution in [3.8, 4) is 5.75 Å². The van der Waals surface area contributed by atoms with E-state index >= 15 is 0 Å². The molecule has 88 valence electrons. The van der Waals surface area contributed by atoms with Crippen LogP contribution in [0.1, 0.15) is 17.3 Å². The van der Waals surface area contributed by atoms with E-state index in [1.807, 2.05) is 22.6 Å². The van der Waals surface area contributed by atoms with Gasteiger partial charge in [-0.3, -0.25) is 4.79 Å². The van der Waals surface area contributed by atoms with Gasteiger partial charge in [-0.25, -0.2) is 0 Å². The van der Waals surface area contributed by atoms with Gasteiger partial charge in [-0.15, -0.1) is 13.2 Å². The van der Waals surface area contributed by atoms with Crippen molar-refractivity contribution in [2.24, 2.45) is 0 Å². The molecule has 0 N–H and O–H groups in total. The second-order valence-corrected chi connectivity index (χ2v) is 4.38. The third kappa shape index (κ3) is 3.24. The van der Waals surface area contributed by atoms with Crippen molar-refractivity contribution < 1.29 is 22.7 Å². The van der Waals surface area contributed by atoms with Crippen LogP contribution in [0.4, 0.5) is 13.2 Å². The Morgan fingerprint density at radius 1 is 1.44 bits per heavy atom. The molecule has 0 radical (unpaired) electrons. The highest BCUT2D eigenvalue weighted by molar-refractivity contribution is 14.1. The zero-order valence-corrected chi connectivity index (χ0v) is 10.8. The summed E-state index contributed by atoms with van der Waals surface area (Å²) in [6.07, 6.45) is -4.85. The van der Waals surface area contributed by atoms with Crippen molar-refractivity contribution in [2.75, 3.05) is 0 Å². The van der Waals surface area contributed by atoms with Crippen molar-refractivity contribution in [2.45, 2.75) is 13.3 Å². The molecule has 2 nitrogen and oxygen atoms in total. The minimum Gasteiger partial charge on any atom is -0.405 e. The van der Waals surface area contributed by atoms with Crippen molar-refractivity contribution >= 4 is 40.0 Å². The predicted octanol–water partition coefficient (Wildman–Crippen LogP) is 4.05. The summed E-state index contributed by atoms with van der Waals surface area (Å²) in [7, 11) is 0. The van der Waals surface area contributed by atoms with E-state index in [1.54, 1.807) is 0 Å². The second kappa shape index (κ2) is 4.79. The van der Waals surface area contributed by atoms with Gasteiger partial charge in [0.1, 0.15) is 5.75 Å². The highest BCUT2D eigenvalue weighted by Crippen LogP contribution is 2.34. The number of carbonyl (C=O) groups is 1. The molecule has 0 saturated carbocycles. The summed E-state index contributed by atoms with van der Waals surface area (Å²) < 4.78 is 40.3. The molecular formula is C9H5ClF3IO2. The summed E-state index contributed by atoms with van der Waals surface area (Å²) in [6.45, 7) is 1.13. The maximum absolute atomic E-state index is 12.0. The lowest BCUT2D eigenvalue weighted by Crippen LogP contribution is -2.19. The normalized spacial score (nSPS) is 11.4. The fourth-order valence-corrected chi connectivity index (χ4v) is 1.81. The highest BCUT2D eigenvalue weighted by atomic mass is 127. The van der Waals surface area contributed by atoms with Crippen molar-refractivity contribution in [3.63, 3.8) is 0 Å². The van der Waals surface area contributed by atoms with E-state index in [0.717, 1.165) is 13.0 Å². The molecular weight excluding hydrogens is 359 g/mol. The fourth-order valence-electron chi connectivity index (χ4n) is 1.07. The highest BCUT2D eigenvalue weighted by Gasteiger charge is 2.33. The second-order valence-electron chi connectivity index (χ2n) is 2.84. The summed E-state index contributed by atoms with van der Waals surface area (Å²) in [6, 6.07) is 2.41. The first kappa shape index (κ1) is 13.6. The smallest absolute Gasteiger partial charge is 0.405 e. The van der Waals surface area contributed by atoms with Crippen LogP contribution in [0.3, 0.4) is 0 Å². The van der Waals surface area contributed by atoms with Crippen LogP contribution in [-0.4, -0.2) is 12.1 Å². The Balaban J connectivity index is 3.29. The molecule has 0 saturated heterocycles. The van der Waals surface area contributed by atoms with E-state index in [2.05, 4.69) is 4.74 Å². The number of ketones is 1.